The highest BCUT2D eigenvalue weighted by molar-refractivity contribution is 9.11. The lowest BCUT2D eigenvalue weighted by Gasteiger charge is -2.16. The van der Waals surface area contributed by atoms with Gasteiger partial charge >= 0.3 is 11.9 Å². The first-order chi connectivity index (χ1) is 9.76. The summed E-state index contributed by atoms with van der Waals surface area (Å²) in [5, 5.41) is 0. The van der Waals surface area contributed by atoms with E-state index in [0.29, 0.717) is 21.1 Å². The molecule has 114 valence electrons. The summed E-state index contributed by atoms with van der Waals surface area (Å²) in [6.07, 6.45) is -0.666. The molecule has 0 radical (unpaired) electrons. The summed E-state index contributed by atoms with van der Waals surface area (Å²) < 4.78 is 12.4. The fourth-order valence-electron chi connectivity index (χ4n) is 1.32. The number of esters is 2. The van der Waals surface area contributed by atoms with Crippen LogP contribution in [0.3, 0.4) is 0 Å². The molecule has 0 amide bonds. The highest BCUT2D eigenvalue weighted by atomic mass is 79.9. The van der Waals surface area contributed by atoms with Crippen LogP contribution >= 0.6 is 47.8 Å². The second kappa shape index (κ2) is 8.10. The molecule has 0 heterocycles. The quantitative estimate of drug-likeness (QED) is 0.343. The molecule has 0 bridgehead atoms. The Labute approximate surface area is 148 Å². The van der Waals surface area contributed by atoms with Gasteiger partial charge in [-0.2, -0.15) is 0 Å². The van der Waals surface area contributed by atoms with E-state index in [9.17, 15) is 9.59 Å². The van der Waals surface area contributed by atoms with Crippen LogP contribution in [0.2, 0.25) is 0 Å². The topological polar surface area (TPSA) is 52.6 Å². The standard InChI is InChI=1S/C14H13Br3O4/c1-4-11(20-13(18)7(2)3)14(19)21-12-9(16)5-8(15)6-10(12)17/h5-6,11H,2,4H2,1,3H3. The Hall–Kier alpha value is -0.660. The van der Waals surface area contributed by atoms with Gasteiger partial charge in [0.15, 0.2) is 11.9 Å². The van der Waals surface area contributed by atoms with Crippen molar-refractivity contribution in [2.75, 3.05) is 0 Å². The highest BCUT2D eigenvalue weighted by Gasteiger charge is 2.25. The van der Waals surface area contributed by atoms with Crippen LogP contribution in [0, 0.1) is 0 Å². The monoisotopic (exact) mass is 482 g/mol. The molecule has 0 saturated carbocycles. The van der Waals surface area contributed by atoms with Gasteiger partial charge in [0.05, 0.1) is 8.95 Å². The lowest BCUT2D eigenvalue weighted by molar-refractivity contribution is -0.159. The van der Waals surface area contributed by atoms with E-state index in [4.69, 9.17) is 9.47 Å². The zero-order chi connectivity index (χ0) is 16.2. The number of ether oxygens (including phenoxy) is 2. The van der Waals surface area contributed by atoms with Gasteiger partial charge in [0.2, 0.25) is 0 Å². The normalized spacial score (nSPS) is 11.7. The Bertz CT molecular complexity index is 561. The molecule has 7 heteroatoms. The van der Waals surface area contributed by atoms with E-state index < -0.39 is 18.0 Å². The number of carbonyl (C=O) groups is 2. The fraction of sp³-hybridized carbons (Fsp3) is 0.286. The molecule has 0 aliphatic carbocycles. The Kier molecular flexibility index (Phi) is 7.09. The van der Waals surface area contributed by atoms with Gasteiger partial charge in [0.25, 0.3) is 0 Å². The number of halogens is 3. The SMILES string of the molecule is C=C(C)C(=O)OC(CC)C(=O)Oc1c(Br)cc(Br)cc1Br. The molecular weight excluding hydrogens is 472 g/mol. The first-order valence-electron chi connectivity index (χ1n) is 5.99. The zero-order valence-corrected chi connectivity index (χ0v) is 16.2. The van der Waals surface area contributed by atoms with Crippen LogP contribution < -0.4 is 4.74 Å². The fourth-order valence-corrected chi connectivity index (χ4v) is 3.74. The second-order valence-electron chi connectivity index (χ2n) is 4.20. The summed E-state index contributed by atoms with van der Waals surface area (Å²) in [7, 11) is 0. The molecule has 1 aromatic carbocycles. The second-order valence-corrected chi connectivity index (χ2v) is 6.83. The van der Waals surface area contributed by atoms with E-state index in [1.165, 1.54) is 6.92 Å². The number of hydrogen-bond acceptors (Lipinski definition) is 4. The molecule has 0 spiro atoms. The van der Waals surface area contributed by atoms with Crippen molar-refractivity contribution in [3.63, 3.8) is 0 Å². The third kappa shape index (κ3) is 5.23. The minimum absolute atomic E-state index is 0.229. The van der Waals surface area contributed by atoms with E-state index in [1.807, 2.05) is 0 Å². The minimum atomic E-state index is -0.975. The highest BCUT2D eigenvalue weighted by Crippen LogP contribution is 2.36. The first-order valence-corrected chi connectivity index (χ1v) is 8.36. The Morgan fingerprint density at radius 2 is 1.76 bits per heavy atom. The maximum atomic E-state index is 12.1. The molecule has 1 atom stereocenters. The van der Waals surface area contributed by atoms with Crippen LogP contribution in [0.1, 0.15) is 20.3 Å². The molecule has 0 aromatic heterocycles. The molecule has 0 fully saturated rings. The average molecular weight is 485 g/mol. The maximum absolute atomic E-state index is 12.1. The molecule has 0 aliphatic heterocycles. The van der Waals surface area contributed by atoms with Crippen molar-refractivity contribution in [3.05, 3.63) is 37.7 Å². The van der Waals surface area contributed by atoms with E-state index in [2.05, 4.69) is 54.4 Å². The van der Waals surface area contributed by atoms with Gasteiger partial charge in [0.1, 0.15) is 0 Å². The van der Waals surface area contributed by atoms with Crippen LogP contribution in [-0.2, 0) is 14.3 Å². The van der Waals surface area contributed by atoms with Crippen molar-refractivity contribution < 1.29 is 19.1 Å². The Morgan fingerprint density at radius 1 is 1.24 bits per heavy atom. The van der Waals surface area contributed by atoms with Crippen LogP contribution in [0.5, 0.6) is 5.75 Å². The molecule has 1 unspecified atom stereocenters. The van der Waals surface area contributed by atoms with Crippen molar-refractivity contribution in [1.29, 1.82) is 0 Å². The molecule has 0 N–H and O–H groups in total. The summed E-state index contributed by atoms with van der Waals surface area (Å²) in [5.41, 5.74) is 0.229. The van der Waals surface area contributed by atoms with Crippen LogP contribution in [-0.4, -0.2) is 18.0 Å². The van der Waals surface area contributed by atoms with E-state index in [1.54, 1.807) is 19.1 Å². The van der Waals surface area contributed by atoms with Crippen molar-refractivity contribution in [3.8, 4) is 5.75 Å². The lowest BCUT2D eigenvalue weighted by atomic mass is 10.2. The van der Waals surface area contributed by atoms with Crippen molar-refractivity contribution in [2.24, 2.45) is 0 Å². The van der Waals surface area contributed by atoms with E-state index >= 15 is 0 Å². The molecule has 4 nitrogen and oxygen atoms in total. The van der Waals surface area contributed by atoms with E-state index in [-0.39, 0.29) is 5.57 Å². The number of benzene rings is 1. The third-order valence-electron chi connectivity index (χ3n) is 2.40. The molecule has 0 saturated heterocycles. The van der Waals surface area contributed by atoms with Gasteiger partial charge in [-0.05, 0) is 57.3 Å². The smallest absolute Gasteiger partial charge is 0.352 e. The minimum Gasteiger partial charge on any atom is -0.447 e. The maximum Gasteiger partial charge on any atom is 0.352 e. The van der Waals surface area contributed by atoms with Crippen LogP contribution in [0.25, 0.3) is 0 Å². The first kappa shape index (κ1) is 18.4. The van der Waals surface area contributed by atoms with Crippen molar-refractivity contribution in [2.45, 2.75) is 26.4 Å². The van der Waals surface area contributed by atoms with Gasteiger partial charge in [0, 0.05) is 10.0 Å². The Morgan fingerprint density at radius 3 is 2.19 bits per heavy atom. The lowest BCUT2D eigenvalue weighted by Crippen LogP contribution is -2.31. The molecular formula is C14H13Br3O4. The van der Waals surface area contributed by atoms with Gasteiger partial charge in [-0.25, -0.2) is 9.59 Å². The van der Waals surface area contributed by atoms with E-state index in [0.717, 1.165) is 4.47 Å². The van der Waals surface area contributed by atoms with Crippen LogP contribution in [0.15, 0.2) is 37.7 Å². The summed E-state index contributed by atoms with van der Waals surface area (Å²) in [5.74, 6) is -0.934. The van der Waals surface area contributed by atoms with Crippen LogP contribution in [0.4, 0.5) is 0 Å². The predicted octanol–water partition coefficient (Wildman–Crippen LogP) is 4.78. The Balaban J connectivity index is 2.89. The molecule has 21 heavy (non-hydrogen) atoms. The molecule has 1 rings (SSSR count). The predicted molar refractivity (Wildman–Crippen MR) is 90.2 cm³/mol. The molecule has 1 aromatic rings. The summed E-state index contributed by atoms with van der Waals surface area (Å²) in [6, 6.07) is 3.49. The average Bonchev–Trinajstić information content (AvgIpc) is 2.39. The van der Waals surface area contributed by atoms with Gasteiger partial charge < -0.3 is 9.47 Å². The molecule has 0 aliphatic rings. The van der Waals surface area contributed by atoms with Crippen molar-refractivity contribution in [1.82, 2.24) is 0 Å². The number of rotatable bonds is 5. The van der Waals surface area contributed by atoms with Gasteiger partial charge in [-0.1, -0.05) is 29.4 Å². The summed E-state index contributed by atoms with van der Waals surface area (Å²) >= 11 is 9.95. The largest absolute Gasteiger partial charge is 0.447 e. The van der Waals surface area contributed by atoms with Gasteiger partial charge in [-0.3, -0.25) is 0 Å². The number of carbonyl (C=O) groups excluding carboxylic acids is 2. The number of hydrogen-bond donors (Lipinski definition) is 0. The summed E-state index contributed by atoms with van der Waals surface area (Å²) in [6.45, 7) is 6.72. The zero-order valence-electron chi connectivity index (χ0n) is 11.4. The summed E-state index contributed by atoms with van der Waals surface area (Å²) in [4.78, 5) is 23.6. The van der Waals surface area contributed by atoms with Crippen molar-refractivity contribution >= 4 is 59.7 Å². The van der Waals surface area contributed by atoms with Gasteiger partial charge in [-0.15, -0.1) is 0 Å². The third-order valence-corrected chi connectivity index (χ3v) is 4.03.